The second kappa shape index (κ2) is 8.15. The Kier molecular flexibility index (Phi) is 6.10. The van der Waals surface area contributed by atoms with Crippen molar-refractivity contribution in [2.75, 3.05) is 19.6 Å². The fourth-order valence-corrected chi connectivity index (χ4v) is 4.22. The molecule has 3 heterocycles. The Morgan fingerprint density at radius 3 is 2.81 bits per heavy atom. The molecule has 1 amide bonds. The molecule has 2 atom stereocenters. The van der Waals surface area contributed by atoms with Crippen LogP contribution in [0, 0.1) is 5.92 Å². The van der Waals surface area contributed by atoms with Crippen LogP contribution in [0.4, 0.5) is 0 Å². The summed E-state index contributed by atoms with van der Waals surface area (Å²) in [6.45, 7) is 4.69. The van der Waals surface area contributed by atoms with Crippen LogP contribution in [0.25, 0.3) is 11.1 Å². The summed E-state index contributed by atoms with van der Waals surface area (Å²) in [5, 5.41) is 4.08. The van der Waals surface area contributed by atoms with E-state index < -0.39 is 0 Å². The number of rotatable bonds is 2. The Morgan fingerprint density at radius 2 is 2.08 bits per heavy atom. The Morgan fingerprint density at radius 1 is 1.31 bits per heavy atom. The largest absolute Gasteiger partial charge is 0.440 e. The first-order valence-corrected chi connectivity index (χ1v) is 9.56. The summed E-state index contributed by atoms with van der Waals surface area (Å²) < 4.78 is 5.91. The number of halogens is 2. The van der Waals surface area contributed by atoms with Crippen molar-refractivity contribution in [1.29, 1.82) is 0 Å². The number of nitrogens with zero attached hydrogens (tertiary/aromatic N) is 2. The summed E-state index contributed by atoms with van der Waals surface area (Å²) in [6.07, 6.45) is 3.72. The minimum atomic E-state index is 0. The van der Waals surface area contributed by atoms with Crippen LogP contribution in [0.5, 0.6) is 0 Å². The first-order valence-electron chi connectivity index (χ1n) is 9.18. The van der Waals surface area contributed by atoms with Crippen LogP contribution in [0.15, 0.2) is 22.6 Å². The zero-order valence-electron chi connectivity index (χ0n) is 14.9. The third kappa shape index (κ3) is 4.00. The van der Waals surface area contributed by atoms with E-state index in [0.717, 1.165) is 62.3 Å². The van der Waals surface area contributed by atoms with Gasteiger partial charge in [-0.25, -0.2) is 4.98 Å². The van der Waals surface area contributed by atoms with Gasteiger partial charge in [0.05, 0.1) is 0 Å². The maximum absolute atomic E-state index is 12.8. The van der Waals surface area contributed by atoms with Crippen LogP contribution in [0.1, 0.15) is 44.4 Å². The van der Waals surface area contributed by atoms with Crippen molar-refractivity contribution in [2.45, 2.75) is 44.6 Å². The molecule has 142 valence electrons. The lowest BCUT2D eigenvalue weighted by atomic mass is 9.90. The van der Waals surface area contributed by atoms with Crippen LogP contribution in [0.2, 0.25) is 5.02 Å². The Bertz CT molecular complexity index is 771. The van der Waals surface area contributed by atoms with Gasteiger partial charge in [0, 0.05) is 36.0 Å². The van der Waals surface area contributed by atoms with E-state index in [0.29, 0.717) is 17.0 Å². The van der Waals surface area contributed by atoms with E-state index in [-0.39, 0.29) is 24.2 Å². The summed E-state index contributed by atoms with van der Waals surface area (Å²) in [5.74, 6) is 1.57. The lowest BCUT2D eigenvalue weighted by Crippen LogP contribution is -2.46. The number of benzene rings is 1. The molecule has 2 fully saturated rings. The number of carbonyl (C=O) groups excluding carboxylic acids is 1. The van der Waals surface area contributed by atoms with E-state index >= 15 is 0 Å². The Balaban J connectivity index is 0.00000196. The van der Waals surface area contributed by atoms with Crippen molar-refractivity contribution in [1.82, 2.24) is 15.2 Å². The molecule has 0 radical (unpaired) electrons. The SMILES string of the molecule is C[C@H]1C[C@@H](C(=O)N2CCC(c3nc4cc(Cl)ccc4o3)CC2)CCN1.Cl. The molecule has 0 spiro atoms. The topological polar surface area (TPSA) is 58.4 Å². The first kappa shape index (κ1) is 19.5. The minimum Gasteiger partial charge on any atom is -0.440 e. The van der Waals surface area contributed by atoms with Crippen molar-refractivity contribution in [3.05, 3.63) is 29.1 Å². The van der Waals surface area contributed by atoms with Crippen LogP contribution in [0.3, 0.4) is 0 Å². The van der Waals surface area contributed by atoms with Crippen LogP contribution in [-0.2, 0) is 4.79 Å². The predicted molar refractivity (Wildman–Crippen MR) is 105 cm³/mol. The third-order valence-electron chi connectivity index (χ3n) is 5.49. The fourth-order valence-electron chi connectivity index (χ4n) is 4.05. The molecule has 4 rings (SSSR count). The van der Waals surface area contributed by atoms with Gasteiger partial charge < -0.3 is 14.6 Å². The van der Waals surface area contributed by atoms with Gasteiger partial charge in [0.1, 0.15) is 5.52 Å². The smallest absolute Gasteiger partial charge is 0.225 e. The van der Waals surface area contributed by atoms with E-state index in [9.17, 15) is 4.79 Å². The van der Waals surface area contributed by atoms with E-state index in [1.807, 2.05) is 23.1 Å². The number of piperidine rings is 2. The van der Waals surface area contributed by atoms with Crippen LogP contribution in [-0.4, -0.2) is 41.5 Å². The fraction of sp³-hybridized carbons (Fsp3) is 0.579. The van der Waals surface area contributed by atoms with Gasteiger partial charge in [0.15, 0.2) is 11.5 Å². The second-order valence-electron chi connectivity index (χ2n) is 7.34. The molecule has 1 aromatic carbocycles. The number of fused-ring (bicyclic) bond motifs is 1. The van der Waals surface area contributed by atoms with Crippen molar-refractivity contribution in [2.24, 2.45) is 5.92 Å². The highest BCUT2D eigenvalue weighted by atomic mass is 35.5. The van der Waals surface area contributed by atoms with Gasteiger partial charge in [0.25, 0.3) is 0 Å². The number of amides is 1. The first-order chi connectivity index (χ1) is 12.1. The molecular weight excluding hydrogens is 373 g/mol. The summed E-state index contributed by atoms with van der Waals surface area (Å²) in [5.41, 5.74) is 1.59. The van der Waals surface area contributed by atoms with Gasteiger partial charge in [-0.2, -0.15) is 0 Å². The second-order valence-corrected chi connectivity index (χ2v) is 7.78. The zero-order chi connectivity index (χ0) is 17.4. The third-order valence-corrected chi connectivity index (χ3v) is 5.73. The zero-order valence-corrected chi connectivity index (χ0v) is 16.5. The number of aromatic nitrogens is 1. The van der Waals surface area contributed by atoms with Crippen molar-refractivity contribution < 1.29 is 9.21 Å². The van der Waals surface area contributed by atoms with E-state index in [4.69, 9.17) is 16.0 Å². The molecule has 0 saturated carbocycles. The number of nitrogens with one attached hydrogen (secondary N) is 1. The molecule has 2 aliphatic rings. The van der Waals surface area contributed by atoms with Gasteiger partial charge in [0.2, 0.25) is 5.91 Å². The number of hydrogen-bond donors (Lipinski definition) is 1. The summed E-state index contributed by atoms with van der Waals surface area (Å²) >= 11 is 6.02. The number of oxazole rings is 1. The van der Waals surface area contributed by atoms with E-state index in [2.05, 4.69) is 17.2 Å². The van der Waals surface area contributed by atoms with Gasteiger partial charge in [-0.3, -0.25) is 4.79 Å². The molecule has 2 aromatic rings. The lowest BCUT2D eigenvalue weighted by molar-refractivity contribution is -0.137. The highest BCUT2D eigenvalue weighted by Gasteiger charge is 2.32. The van der Waals surface area contributed by atoms with Gasteiger partial charge in [-0.05, 0) is 57.4 Å². The van der Waals surface area contributed by atoms with E-state index in [1.165, 1.54) is 0 Å². The molecule has 0 aliphatic carbocycles. The Labute approximate surface area is 164 Å². The summed E-state index contributed by atoms with van der Waals surface area (Å²) in [6, 6.07) is 5.96. The molecule has 1 N–H and O–H groups in total. The molecular formula is C19H25Cl2N3O2. The lowest BCUT2D eigenvalue weighted by Gasteiger charge is -2.35. The maximum atomic E-state index is 12.8. The van der Waals surface area contributed by atoms with E-state index in [1.54, 1.807) is 0 Å². The minimum absolute atomic E-state index is 0. The molecule has 7 heteroatoms. The standard InChI is InChI=1S/C19H24ClN3O2.ClH/c1-12-10-14(4-7-21-12)19(24)23-8-5-13(6-9-23)18-22-16-11-15(20)2-3-17(16)25-18;/h2-3,11-14,21H,4-10H2,1H3;1H/t12-,14-;/m0./s1. The summed E-state index contributed by atoms with van der Waals surface area (Å²) in [4.78, 5) is 19.4. The normalized spacial score (nSPS) is 24.5. The van der Waals surface area contributed by atoms with Crippen LogP contribution < -0.4 is 5.32 Å². The van der Waals surface area contributed by atoms with Gasteiger partial charge in [-0.1, -0.05) is 11.6 Å². The number of carbonyl (C=O) groups is 1. The predicted octanol–water partition coefficient (Wildman–Crippen LogP) is 4.00. The molecule has 1 aromatic heterocycles. The molecule has 2 aliphatic heterocycles. The van der Waals surface area contributed by atoms with Crippen molar-refractivity contribution >= 4 is 41.0 Å². The molecule has 2 saturated heterocycles. The summed E-state index contributed by atoms with van der Waals surface area (Å²) in [7, 11) is 0. The van der Waals surface area contributed by atoms with Crippen molar-refractivity contribution in [3.8, 4) is 0 Å². The number of hydrogen-bond acceptors (Lipinski definition) is 4. The average Bonchev–Trinajstić information content (AvgIpc) is 3.04. The highest BCUT2D eigenvalue weighted by Crippen LogP contribution is 2.32. The van der Waals surface area contributed by atoms with Crippen LogP contribution >= 0.6 is 24.0 Å². The molecule has 5 nitrogen and oxygen atoms in total. The number of likely N-dealkylation sites (tertiary alicyclic amines) is 1. The molecule has 0 bridgehead atoms. The monoisotopic (exact) mass is 397 g/mol. The molecule has 26 heavy (non-hydrogen) atoms. The highest BCUT2D eigenvalue weighted by molar-refractivity contribution is 6.31. The molecule has 0 unspecified atom stereocenters. The Hall–Kier alpha value is -1.30. The quantitative estimate of drug-likeness (QED) is 0.831. The average molecular weight is 398 g/mol. The van der Waals surface area contributed by atoms with Crippen molar-refractivity contribution in [3.63, 3.8) is 0 Å². The van der Waals surface area contributed by atoms with Gasteiger partial charge in [-0.15, -0.1) is 12.4 Å². The van der Waals surface area contributed by atoms with Gasteiger partial charge >= 0.3 is 0 Å². The maximum Gasteiger partial charge on any atom is 0.225 e.